The number of halogens is 1. The summed E-state index contributed by atoms with van der Waals surface area (Å²) in [6.45, 7) is 8.59. The molecule has 0 aliphatic carbocycles. The molecule has 4 nitrogen and oxygen atoms in total. The first kappa shape index (κ1) is 16.1. The Morgan fingerprint density at radius 3 is 2.35 bits per heavy atom. The van der Waals surface area contributed by atoms with E-state index in [0.29, 0.717) is 0 Å². The van der Waals surface area contributed by atoms with E-state index in [1.54, 1.807) is 40.7 Å². The van der Waals surface area contributed by atoms with E-state index >= 15 is 0 Å². The second-order valence-corrected chi connectivity index (χ2v) is 5.92. The van der Waals surface area contributed by atoms with Gasteiger partial charge in [0.1, 0.15) is 11.9 Å². The fraction of sp³-hybridized carbons (Fsp3) is 0.467. The highest BCUT2D eigenvalue weighted by Crippen LogP contribution is 2.16. The predicted molar refractivity (Wildman–Crippen MR) is 76.8 cm³/mol. The Balaban J connectivity index is 2.69. The van der Waals surface area contributed by atoms with Gasteiger partial charge in [-0.1, -0.05) is 26.8 Å². The Morgan fingerprint density at radius 1 is 1.25 bits per heavy atom. The number of rotatable bonds is 3. The molecule has 2 N–H and O–H groups in total. The Bertz CT molecular complexity index is 521. The van der Waals surface area contributed by atoms with Gasteiger partial charge in [0.2, 0.25) is 11.8 Å². The highest BCUT2D eigenvalue weighted by molar-refractivity contribution is 5.97. The SMILES string of the molecule is Cc1ccc(NC(=O)[C@H](C)NC(=O)C(C)(C)C)c(F)c1. The summed E-state index contributed by atoms with van der Waals surface area (Å²) in [5.41, 5.74) is 0.302. The fourth-order valence-electron chi connectivity index (χ4n) is 1.44. The first-order chi connectivity index (χ1) is 9.11. The topological polar surface area (TPSA) is 58.2 Å². The van der Waals surface area contributed by atoms with Crippen LogP contribution in [-0.4, -0.2) is 17.9 Å². The van der Waals surface area contributed by atoms with E-state index in [-0.39, 0.29) is 11.6 Å². The number of aryl methyl sites for hydroxylation is 1. The molecule has 5 heteroatoms. The highest BCUT2D eigenvalue weighted by atomic mass is 19.1. The summed E-state index contributed by atoms with van der Waals surface area (Å²) in [4.78, 5) is 23.7. The van der Waals surface area contributed by atoms with Crippen molar-refractivity contribution in [3.05, 3.63) is 29.6 Å². The summed E-state index contributed by atoms with van der Waals surface area (Å²) < 4.78 is 13.6. The Kier molecular flexibility index (Phi) is 4.87. The third-order valence-corrected chi connectivity index (χ3v) is 2.80. The summed E-state index contributed by atoms with van der Waals surface area (Å²) in [5, 5.41) is 5.06. The van der Waals surface area contributed by atoms with Crippen molar-refractivity contribution in [3.63, 3.8) is 0 Å². The average Bonchev–Trinajstić information content (AvgIpc) is 2.31. The number of hydrogen-bond donors (Lipinski definition) is 2. The van der Waals surface area contributed by atoms with Gasteiger partial charge in [-0.25, -0.2) is 4.39 Å². The van der Waals surface area contributed by atoms with Crippen molar-refractivity contribution in [2.45, 2.75) is 40.7 Å². The predicted octanol–water partition coefficient (Wildman–Crippen LogP) is 2.62. The van der Waals surface area contributed by atoms with Gasteiger partial charge in [0.15, 0.2) is 0 Å². The summed E-state index contributed by atoms with van der Waals surface area (Å²) in [6, 6.07) is 3.81. The number of anilines is 1. The molecule has 2 amide bonds. The standard InChI is InChI=1S/C15H21FN2O2/c1-9-6-7-12(11(16)8-9)18-13(19)10(2)17-14(20)15(3,4)5/h6-8,10H,1-5H3,(H,17,20)(H,18,19)/t10-/m0/s1. The molecule has 1 aromatic carbocycles. The van der Waals surface area contributed by atoms with Gasteiger partial charge in [0, 0.05) is 5.41 Å². The number of carbonyl (C=O) groups is 2. The monoisotopic (exact) mass is 280 g/mol. The molecular formula is C15H21FN2O2. The molecule has 0 heterocycles. The smallest absolute Gasteiger partial charge is 0.246 e. The zero-order valence-electron chi connectivity index (χ0n) is 12.5. The summed E-state index contributed by atoms with van der Waals surface area (Å²) >= 11 is 0. The van der Waals surface area contributed by atoms with E-state index in [4.69, 9.17) is 0 Å². The third-order valence-electron chi connectivity index (χ3n) is 2.80. The van der Waals surface area contributed by atoms with E-state index in [0.717, 1.165) is 5.56 Å². The summed E-state index contributed by atoms with van der Waals surface area (Å²) in [6.07, 6.45) is 0. The van der Waals surface area contributed by atoms with E-state index in [1.807, 2.05) is 0 Å². The van der Waals surface area contributed by atoms with Crippen molar-refractivity contribution in [1.29, 1.82) is 0 Å². The molecule has 0 spiro atoms. The van der Waals surface area contributed by atoms with Crippen LogP contribution in [0.15, 0.2) is 18.2 Å². The van der Waals surface area contributed by atoms with Gasteiger partial charge in [-0.3, -0.25) is 9.59 Å². The van der Waals surface area contributed by atoms with Crippen LogP contribution in [0.2, 0.25) is 0 Å². The lowest BCUT2D eigenvalue weighted by atomic mass is 9.95. The van der Waals surface area contributed by atoms with E-state index < -0.39 is 23.2 Å². The molecule has 1 rings (SSSR count). The molecule has 0 aliphatic rings. The molecule has 0 fully saturated rings. The van der Waals surface area contributed by atoms with Crippen LogP contribution in [0.1, 0.15) is 33.3 Å². The average molecular weight is 280 g/mol. The minimum Gasteiger partial charge on any atom is -0.344 e. The third kappa shape index (κ3) is 4.33. The molecular weight excluding hydrogens is 259 g/mol. The molecule has 20 heavy (non-hydrogen) atoms. The van der Waals surface area contributed by atoms with Crippen LogP contribution in [0.3, 0.4) is 0 Å². The van der Waals surface area contributed by atoms with E-state index in [9.17, 15) is 14.0 Å². The van der Waals surface area contributed by atoms with E-state index in [1.165, 1.54) is 12.1 Å². The molecule has 0 saturated heterocycles. The highest BCUT2D eigenvalue weighted by Gasteiger charge is 2.25. The van der Waals surface area contributed by atoms with Gasteiger partial charge < -0.3 is 10.6 Å². The Hall–Kier alpha value is -1.91. The molecule has 0 radical (unpaired) electrons. The first-order valence-corrected chi connectivity index (χ1v) is 6.49. The lowest BCUT2D eigenvalue weighted by Crippen LogP contribution is -2.46. The second kappa shape index (κ2) is 6.03. The quantitative estimate of drug-likeness (QED) is 0.894. The van der Waals surface area contributed by atoms with Gasteiger partial charge in [-0.2, -0.15) is 0 Å². The van der Waals surface area contributed by atoms with Crippen LogP contribution in [-0.2, 0) is 9.59 Å². The molecule has 0 unspecified atom stereocenters. The second-order valence-electron chi connectivity index (χ2n) is 5.92. The first-order valence-electron chi connectivity index (χ1n) is 6.49. The van der Waals surface area contributed by atoms with Gasteiger partial charge >= 0.3 is 0 Å². The van der Waals surface area contributed by atoms with Crippen LogP contribution >= 0.6 is 0 Å². The number of amides is 2. The van der Waals surface area contributed by atoms with Crippen molar-refractivity contribution in [2.75, 3.05) is 5.32 Å². The minimum atomic E-state index is -0.734. The van der Waals surface area contributed by atoms with Crippen LogP contribution in [0.4, 0.5) is 10.1 Å². The summed E-state index contributed by atoms with van der Waals surface area (Å²) in [5.74, 6) is -1.18. The lowest BCUT2D eigenvalue weighted by molar-refractivity contribution is -0.131. The normalized spacial score (nSPS) is 12.7. The minimum absolute atomic E-state index is 0.109. The fourth-order valence-corrected chi connectivity index (χ4v) is 1.44. The Labute approximate surface area is 118 Å². The molecule has 0 aliphatic heterocycles. The molecule has 0 saturated carbocycles. The molecule has 0 bridgehead atoms. The summed E-state index contributed by atoms with van der Waals surface area (Å²) in [7, 11) is 0. The maximum atomic E-state index is 13.6. The van der Waals surface area contributed by atoms with Gasteiger partial charge in [0.25, 0.3) is 0 Å². The maximum Gasteiger partial charge on any atom is 0.246 e. The number of carbonyl (C=O) groups excluding carboxylic acids is 2. The largest absolute Gasteiger partial charge is 0.344 e. The number of hydrogen-bond acceptors (Lipinski definition) is 2. The van der Waals surface area contributed by atoms with Gasteiger partial charge in [-0.15, -0.1) is 0 Å². The van der Waals surface area contributed by atoms with Crippen molar-refractivity contribution >= 4 is 17.5 Å². The zero-order valence-corrected chi connectivity index (χ0v) is 12.5. The van der Waals surface area contributed by atoms with Crippen LogP contribution < -0.4 is 10.6 Å². The number of nitrogens with one attached hydrogen (secondary N) is 2. The zero-order chi connectivity index (χ0) is 15.5. The van der Waals surface area contributed by atoms with Crippen LogP contribution in [0.5, 0.6) is 0 Å². The van der Waals surface area contributed by atoms with Crippen LogP contribution in [0, 0.1) is 18.2 Å². The van der Waals surface area contributed by atoms with Gasteiger partial charge in [0.05, 0.1) is 5.69 Å². The molecule has 1 aromatic rings. The lowest BCUT2D eigenvalue weighted by Gasteiger charge is -2.21. The molecule has 110 valence electrons. The van der Waals surface area contributed by atoms with Crippen molar-refractivity contribution in [1.82, 2.24) is 5.32 Å². The van der Waals surface area contributed by atoms with Crippen molar-refractivity contribution in [2.24, 2.45) is 5.41 Å². The van der Waals surface area contributed by atoms with Gasteiger partial charge in [-0.05, 0) is 31.5 Å². The molecule has 0 aromatic heterocycles. The van der Waals surface area contributed by atoms with E-state index in [2.05, 4.69) is 10.6 Å². The molecule has 1 atom stereocenters. The maximum absolute atomic E-state index is 13.6. The Morgan fingerprint density at radius 2 is 1.85 bits per heavy atom. The van der Waals surface area contributed by atoms with Crippen molar-refractivity contribution in [3.8, 4) is 0 Å². The van der Waals surface area contributed by atoms with Crippen molar-refractivity contribution < 1.29 is 14.0 Å². The number of benzene rings is 1. The van der Waals surface area contributed by atoms with Crippen LogP contribution in [0.25, 0.3) is 0 Å².